The highest BCUT2D eigenvalue weighted by molar-refractivity contribution is 5.54. The number of aromatic hydroxyl groups is 2. The molecule has 0 aliphatic carbocycles. The zero-order valence-corrected chi connectivity index (χ0v) is 18.3. The Morgan fingerprint density at radius 2 is 1.00 bits per heavy atom. The zero-order valence-electron chi connectivity index (χ0n) is 18.3. The van der Waals surface area contributed by atoms with Gasteiger partial charge in [-0.2, -0.15) is 0 Å². The summed E-state index contributed by atoms with van der Waals surface area (Å²) in [7, 11) is 0. The predicted molar refractivity (Wildman–Crippen MR) is 121 cm³/mol. The third-order valence-corrected chi connectivity index (χ3v) is 5.55. The standard InChI is InChI=1S/C27H32O2/c1-26(2,3)19-12-14-21(23(28)16-19)25(18-10-8-7-9-11-18)22-15-13-20(17-24(22)29)27(4,5)6/h7-17,25,28-29H,1-6H3. The second-order valence-electron chi connectivity index (χ2n) is 9.89. The summed E-state index contributed by atoms with van der Waals surface area (Å²) in [6, 6.07) is 21.9. The molecule has 2 nitrogen and oxygen atoms in total. The minimum Gasteiger partial charge on any atom is -0.508 e. The van der Waals surface area contributed by atoms with Gasteiger partial charge in [-0.15, -0.1) is 0 Å². The van der Waals surface area contributed by atoms with Crippen molar-refractivity contribution < 1.29 is 10.2 Å². The Labute approximate surface area is 174 Å². The van der Waals surface area contributed by atoms with Crippen molar-refractivity contribution in [3.05, 3.63) is 94.5 Å². The molecule has 3 aromatic carbocycles. The van der Waals surface area contributed by atoms with E-state index in [1.807, 2.05) is 54.6 Å². The number of phenols is 2. The molecule has 0 amide bonds. The van der Waals surface area contributed by atoms with Gasteiger partial charge >= 0.3 is 0 Å². The van der Waals surface area contributed by atoms with E-state index in [0.29, 0.717) is 0 Å². The third kappa shape index (κ3) is 4.48. The van der Waals surface area contributed by atoms with Gasteiger partial charge in [0.25, 0.3) is 0 Å². The number of phenolic OH excluding ortho intramolecular Hbond substituents is 2. The fourth-order valence-corrected chi connectivity index (χ4v) is 3.68. The molecule has 0 radical (unpaired) electrons. The van der Waals surface area contributed by atoms with E-state index < -0.39 is 0 Å². The highest BCUT2D eigenvalue weighted by Crippen LogP contribution is 2.42. The van der Waals surface area contributed by atoms with Crippen molar-refractivity contribution in [1.82, 2.24) is 0 Å². The molecule has 0 aromatic heterocycles. The van der Waals surface area contributed by atoms with E-state index in [1.54, 1.807) is 0 Å². The molecule has 0 heterocycles. The van der Waals surface area contributed by atoms with Crippen LogP contribution in [0.5, 0.6) is 11.5 Å². The van der Waals surface area contributed by atoms with Gasteiger partial charge in [-0.05, 0) is 39.7 Å². The molecular formula is C27H32O2. The number of hydrogen-bond acceptors (Lipinski definition) is 2. The van der Waals surface area contributed by atoms with Crippen molar-refractivity contribution in [2.45, 2.75) is 58.3 Å². The molecule has 0 spiro atoms. The molecule has 2 N–H and O–H groups in total. The highest BCUT2D eigenvalue weighted by atomic mass is 16.3. The minimum atomic E-state index is -0.251. The lowest BCUT2D eigenvalue weighted by atomic mass is 9.79. The van der Waals surface area contributed by atoms with Gasteiger partial charge in [-0.1, -0.05) is 96.1 Å². The van der Waals surface area contributed by atoms with E-state index in [1.165, 1.54) is 0 Å². The van der Waals surface area contributed by atoms with Crippen molar-refractivity contribution in [2.24, 2.45) is 0 Å². The van der Waals surface area contributed by atoms with Crippen LogP contribution in [0.3, 0.4) is 0 Å². The Hall–Kier alpha value is -2.74. The van der Waals surface area contributed by atoms with E-state index in [0.717, 1.165) is 27.8 Å². The first-order valence-corrected chi connectivity index (χ1v) is 10.2. The highest BCUT2D eigenvalue weighted by Gasteiger charge is 2.25. The van der Waals surface area contributed by atoms with Gasteiger partial charge in [-0.3, -0.25) is 0 Å². The Kier molecular flexibility index (Phi) is 5.49. The van der Waals surface area contributed by atoms with Crippen molar-refractivity contribution >= 4 is 0 Å². The summed E-state index contributed by atoms with van der Waals surface area (Å²) < 4.78 is 0. The molecule has 0 aliphatic rings. The average Bonchev–Trinajstić information content (AvgIpc) is 2.63. The topological polar surface area (TPSA) is 40.5 Å². The summed E-state index contributed by atoms with van der Waals surface area (Å²) >= 11 is 0. The lowest BCUT2D eigenvalue weighted by Gasteiger charge is -2.25. The lowest BCUT2D eigenvalue weighted by Crippen LogP contribution is -2.13. The molecule has 3 rings (SSSR count). The average molecular weight is 389 g/mol. The molecule has 0 atom stereocenters. The first-order valence-electron chi connectivity index (χ1n) is 10.2. The Morgan fingerprint density at radius 1 is 0.586 bits per heavy atom. The SMILES string of the molecule is CC(C)(C)c1ccc(C(c2ccccc2)c2ccc(C(C)(C)C)cc2O)c(O)c1. The fraction of sp³-hybridized carbons (Fsp3) is 0.333. The molecule has 0 unspecified atom stereocenters. The molecule has 3 aromatic rings. The maximum Gasteiger partial charge on any atom is 0.120 e. The van der Waals surface area contributed by atoms with Crippen LogP contribution in [0.15, 0.2) is 66.7 Å². The molecule has 152 valence electrons. The second-order valence-corrected chi connectivity index (χ2v) is 9.89. The quantitative estimate of drug-likeness (QED) is 0.480. The Bertz CT molecular complexity index is 926. The summed E-state index contributed by atoms with van der Waals surface area (Å²) in [6.07, 6.45) is 0. The van der Waals surface area contributed by atoms with Crippen LogP contribution < -0.4 is 0 Å². The largest absolute Gasteiger partial charge is 0.508 e. The normalized spacial score (nSPS) is 12.4. The summed E-state index contributed by atoms with van der Waals surface area (Å²) in [6.45, 7) is 12.8. The van der Waals surface area contributed by atoms with Crippen LogP contribution in [-0.4, -0.2) is 10.2 Å². The molecule has 29 heavy (non-hydrogen) atoms. The van der Waals surface area contributed by atoms with E-state index in [4.69, 9.17) is 0 Å². The molecule has 0 aliphatic heterocycles. The van der Waals surface area contributed by atoms with Gasteiger partial charge in [0, 0.05) is 17.0 Å². The zero-order chi connectivity index (χ0) is 21.4. The van der Waals surface area contributed by atoms with E-state index in [-0.39, 0.29) is 28.2 Å². The third-order valence-electron chi connectivity index (χ3n) is 5.55. The van der Waals surface area contributed by atoms with Gasteiger partial charge in [-0.25, -0.2) is 0 Å². The Morgan fingerprint density at radius 3 is 1.34 bits per heavy atom. The van der Waals surface area contributed by atoms with Crippen LogP contribution in [0.4, 0.5) is 0 Å². The van der Waals surface area contributed by atoms with Crippen LogP contribution in [0.2, 0.25) is 0 Å². The Balaban J connectivity index is 2.18. The van der Waals surface area contributed by atoms with Gasteiger partial charge < -0.3 is 10.2 Å². The van der Waals surface area contributed by atoms with Crippen LogP contribution in [-0.2, 0) is 10.8 Å². The molecule has 0 saturated carbocycles. The van der Waals surface area contributed by atoms with Crippen LogP contribution >= 0.6 is 0 Å². The van der Waals surface area contributed by atoms with Crippen LogP contribution in [0.1, 0.15) is 75.3 Å². The van der Waals surface area contributed by atoms with Gasteiger partial charge in [0.1, 0.15) is 11.5 Å². The van der Waals surface area contributed by atoms with Crippen molar-refractivity contribution in [3.8, 4) is 11.5 Å². The molecule has 0 saturated heterocycles. The van der Waals surface area contributed by atoms with Crippen LogP contribution in [0, 0.1) is 0 Å². The maximum absolute atomic E-state index is 10.9. The fourth-order valence-electron chi connectivity index (χ4n) is 3.68. The maximum atomic E-state index is 10.9. The number of hydrogen-bond donors (Lipinski definition) is 2. The van der Waals surface area contributed by atoms with Crippen molar-refractivity contribution in [2.75, 3.05) is 0 Å². The van der Waals surface area contributed by atoms with Crippen LogP contribution in [0.25, 0.3) is 0 Å². The predicted octanol–water partition coefficient (Wildman–Crippen LogP) is 6.87. The van der Waals surface area contributed by atoms with Gasteiger partial charge in [0.2, 0.25) is 0 Å². The molecular weight excluding hydrogens is 356 g/mol. The van der Waals surface area contributed by atoms with Gasteiger partial charge in [0.05, 0.1) is 0 Å². The lowest BCUT2D eigenvalue weighted by molar-refractivity contribution is 0.454. The van der Waals surface area contributed by atoms with E-state index in [9.17, 15) is 10.2 Å². The molecule has 0 bridgehead atoms. The molecule has 2 heteroatoms. The summed E-state index contributed by atoms with van der Waals surface area (Å²) in [4.78, 5) is 0. The summed E-state index contributed by atoms with van der Waals surface area (Å²) in [5.41, 5.74) is 4.69. The summed E-state index contributed by atoms with van der Waals surface area (Å²) in [5, 5.41) is 21.9. The number of benzene rings is 3. The van der Waals surface area contributed by atoms with Gasteiger partial charge in [0.15, 0.2) is 0 Å². The first-order chi connectivity index (χ1) is 13.5. The van der Waals surface area contributed by atoms with Crippen molar-refractivity contribution in [1.29, 1.82) is 0 Å². The monoisotopic (exact) mass is 388 g/mol. The van der Waals surface area contributed by atoms with E-state index in [2.05, 4.69) is 53.7 Å². The second kappa shape index (κ2) is 7.59. The van der Waals surface area contributed by atoms with E-state index >= 15 is 0 Å². The number of rotatable bonds is 3. The minimum absolute atomic E-state index is 0.0469. The summed E-state index contributed by atoms with van der Waals surface area (Å²) in [5.74, 6) is 0.260. The smallest absolute Gasteiger partial charge is 0.120 e. The first kappa shape index (κ1) is 21.0. The van der Waals surface area contributed by atoms with Crippen molar-refractivity contribution in [3.63, 3.8) is 0 Å². The molecule has 0 fully saturated rings.